The quantitative estimate of drug-likeness (QED) is 0.472. The number of unbranched alkanes of at least 4 members (excludes halogenated alkanes) is 5. The van der Waals surface area contributed by atoms with Crippen LogP contribution in [0.1, 0.15) is 84.5 Å². The van der Waals surface area contributed by atoms with Crippen molar-refractivity contribution in [3.8, 4) is 0 Å². The summed E-state index contributed by atoms with van der Waals surface area (Å²) >= 11 is 0. The number of Topliss-reactive ketones (excluding diaryl/α,β-unsaturated/α-hetero) is 1. The minimum Gasteiger partial charge on any atom is -0.481 e. The SMILES string of the molecule is CCCCCCCCC(CCC(=O)O)(CCC(=O)O)C(C)=O. The summed E-state index contributed by atoms with van der Waals surface area (Å²) in [7, 11) is 0. The first kappa shape index (κ1) is 20.6. The van der Waals surface area contributed by atoms with E-state index in [0.717, 1.165) is 19.3 Å². The van der Waals surface area contributed by atoms with Crippen LogP contribution in [0, 0.1) is 5.41 Å². The first-order valence-electron chi connectivity index (χ1n) is 8.28. The van der Waals surface area contributed by atoms with E-state index in [0.29, 0.717) is 6.42 Å². The fraction of sp³-hybridized carbons (Fsp3) is 0.824. The summed E-state index contributed by atoms with van der Waals surface area (Å²) in [5.41, 5.74) is -0.790. The highest BCUT2D eigenvalue weighted by Crippen LogP contribution is 2.37. The van der Waals surface area contributed by atoms with Gasteiger partial charge in [-0.3, -0.25) is 14.4 Å². The van der Waals surface area contributed by atoms with E-state index in [2.05, 4.69) is 6.92 Å². The normalized spacial score (nSPS) is 11.4. The highest BCUT2D eigenvalue weighted by atomic mass is 16.4. The molecule has 0 saturated carbocycles. The minimum atomic E-state index is -0.941. The Bertz CT molecular complexity index is 344. The Morgan fingerprint density at radius 3 is 1.64 bits per heavy atom. The number of ketones is 1. The lowest BCUT2D eigenvalue weighted by Crippen LogP contribution is -2.31. The zero-order valence-corrected chi connectivity index (χ0v) is 13.9. The van der Waals surface area contributed by atoms with Gasteiger partial charge in [-0.15, -0.1) is 0 Å². The van der Waals surface area contributed by atoms with E-state index in [1.807, 2.05) is 0 Å². The molecule has 0 atom stereocenters. The van der Waals surface area contributed by atoms with Crippen LogP contribution in [0.25, 0.3) is 0 Å². The van der Waals surface area contributed by atoms with Gasteiger partial charge < -0.3 is 10.2 Å². The fourth-order valence-electron chi connectivity index (χ4n) is 2.84. The van der Waals surface area contributed by atoms with Gasteiger partial charge in [0.15, 0.2) is 0 Å². The van der Waals surface area contributed by atoms with Crippen molar-refractivity contribution in [3.05, 3.63) is 0 Å². The maximum Gasteiger partial charge on any atom is 0.303 e. The molecule has 22 heavy (non-hydrogen) atoms. The lowest BCUT2D eigenvalue weighted by atomic mass is 9.72. The summed E-state index contributed by atoms with van der Waals surface area (Å²) < 4.78 is 0. The van der Waals surface area contributed by atoms with Crippen LogP contribution in [-0.2, 0) is 14.4 Å². The van der Waals surface area contributed by atoms with Crippen LogP contribution in [0.2, 0.25) is 0 Å². The van der Waals surface area contributed by atoms with Crippen molar-refractivity contribution in [2.24, 2.45) is 5.41 Å². The third-order valence-corrected chi connectivity index (χ3v) is 4.39. The predicted molar refractivity (Wildman–Crippen MR) is 84.8 cm³/mol. The summed E-state index contributed by atoms with van der Waals surface area (Å²) in [5, 5.41) is 17.8. The molecule has 0 unspecified atom stereocenters. The van der Waals surface area contributed by atoms with Gasteiger partial charge in [0.25, 0.3) is 0 Å². The molecular weight excluding hydrogens is 284 g/mol. The van der Waals surface area contributed by atoms with Crippen molar-refractivity contribution in [3.63, 3.8) is 0 Å². The average molecular weight is 314 g/mol. The van der Waals surface area contributed by atoms with Crippen LogP contribution in [0.3, 0.4) is 0 Å². The molecule has 0 aromatic rings. The molecule has 0 spiro atoms. The zero-order chi connectivity index (χ0) is 17.0. The molecule has 0 radical (unpaired) electrons. The molecule has 0 heterocycles. The second-order valence-electron chi connectivity index (χ2n) is 6.14. The number of carbonyl (C=O) groups is 3. The molecule has 5 heteroatoms. The predicted octanol–water partition coefficient (Wildman–Crippen LogP) is 4.04. The van der Waals surface area contributed by atoms with Crippen LogP contribution in [0.5, 0.6) is 0 Å². The van der Waals surface area contributed by atoms with E-state index >= 15 is 0 Å². The Kier molecular flexibility index (Phi) is 10.5. The average Bonchev–Trinajstić information content (AvgIpc) is 2.44. The van der Waals surface area contributed by atoms with Gasteiger partial charge in [0.2, 0.25) is 0 Å². The number of hydrogen-bond acceptors (Lipinski definition) is 3. The van der Waals surface area contributed by atoms with Crippen LogP contribution in [0.4, 0.5) is 0 Å². The largest absolute Gasteiger partial charge is 0.481 e. The number of carboxylic acid groups (broad SMARTS) is 2. The van der Waals surface area contributed by atoms with Gasteiger partial charge >= 0.3 is 11.9 Å². The molecule has 0 aliphatic carbocycles. The van der Waals surface area contributed by atoms with E-state index in [-0.39, 0.29) is 31.5 Å². The van der Waals surface area contributed by atoms with Crippen LogP contribution < -0.4 is 0 Å². The zero-order valence-electron chi connectivity index (χ0n) is 13.9. The summed E-state index contributed by atoms with van der Waals surface area (Å²) in [4.78, 5) is 33.7. The minimum absolute atomic E-state index is 0.0800. The molecule has 0 aliphatic heterocycles. The Balaban J connectivity index is 4.60. The standard InChI is InChI=1S/C17H30O5/c1-3-4-5-6-7-8-11-17(14(2)18,12-9-15(19)20)13-10-16(21)22/h3-13H2,1-2H3,(H,19,20)(H,21,22). The lowest BCUT2D eigenvalue weighted by molar-refractivity contribution is -0.139. The van der Waals surface area contributed by atoms with Gasteiger partial charge in [-0.05, 0) is 26.2 Å². The van der Waals surface area contributed by atoms with E-state index in [1.54, 1.807) is 0 Å². The molecule has 0 fully saturated rings. The van der Waals surface area contributed by atoms with E-state index < -0.39 is 17.4 Å². The molecule has 5 nitrogen and oxygen atoms in total. The maximum absolute atomic E-state index is 12.1. The first-order valence-corrected chi connectivity index (χ1v) is 8.28. The second kappa shape index (κ2) is 11.2. The first-order chi connectivity index (χ1) is 10.3. The van der Waals surface area contributed by atoms with Crippen molar-refractivity contribution in [1.29, 1.82) is 0 Å². The Morgan fingerprint density at radius 2 is 1.23 bits per heavy atom. The molecule has 0 rings (SSSR count). The highest BCUT2D eigenvalue weighted by Gasteiger charge is 2.35. The van der Waals surface area contributed by atoms with Crippen molar-refractivity contribution in [1.82, 2.24) is 0 Å². The van der Waals surface area contributed by atoms with Crippen molar-refractivity contribution >= 4 is 17.7 Å². The summed E-state index contributed by atoms with van der Waals surface area (Å²) in [6.45, 7) is 3.61. The Morgan fingerprint density at radius 1 is 0.773 bits per heavy atom. The number of hydrogen-bond donors (Lipinski definition) is 2. The van der Waals surface area contributed by atoms with Gasteiger partial charge in [0.1, 0.15) is 5.78 Å². The number of carbonyl (C=O) groups excluding carboxylic acids is 1. The van der Waals surface area contributed by atoms with Gasteiger partial charge in [-0.25, -0.2) is 0 Å². The number of carboxylic acids is 2. The van der Waals surface area contributed by atoms with Gasteiger partial charge in [0, 0.05) is 18.3 Å². The van der Waals surface area contributed by atoms with Gasteiger partial charge in [0.05, 0.1) is 0 Å². The Labute approximate surface area is 133 Å². The van der Waals surface area contributed by atoms with Crippen molar-refractivity contribution < 1.29 is 24.6 Å². The lowest BCUT2D eigenvalue weighted by Gasteiger charge is -2.30. The third-order valence-electron chi connectivity index (χ3n) is 4.39. The molecule has 2 N–H and O–H groups in total. The molecule has 128 valence electrons. The van der Waals surface area contributed by atoms with E-state index in [9.17, 15) is 14.4 Å². The molecular formula is C17H30O5. The topological polar surface area (TPSA) is 91.7 Å². The summed E-state index contributed by atoms with van der Waals surface area (Å²) in [6, 6.07) is 0. The van der Waals surface area contributed by atoms with E-state index in [4.69, 9.17) is 10.2 Å². The van der Waals surface area contributed by atoms with Crippen LogP contribution in [-0.4, -0.2) is 27.9 Å². The van der Waals surface area contributed by atoms with Crippen molar-refractivity contribution in [2.45, 2.75) is 84.5 Å². The molecule has 0 amide bonds. The Hall–Kier alpha value is -1.39. The van der Waals surface area contributed by atoms with Gasteiger partial charge in [-0.2, -0.15) is 0 Å². The van der Waals surface area contributed by atoms with Crippen LogP contribution in [0.15, 0.2) is 0 Å². The molecule has 0 aliphatic rings. The third kappa shape index (κ3) is 8.80. The molecule has 0 bridgehead atoms. The molecule has 0 aromatic heterocycles. The summed E-state index contributed by atoms with van der Waals surface area (Å²) in [5.74, 6) is -1.96. The molecule has 0 saturated heterocycles. The van der Waals surface area contributed by atoms with Crippen molar-refractivity contribution in [2.75, 3.05) is 0 Å². The summed E-state index contributed by atoms with van der Waals surface area (Å²) in [6.07, 6.45) is 7.41. The molecule has 0 aromatic carbocycles. The van der Waals surface area contributed by atoms with E-state index in [1.165, 1.54) is 26.2 Å². The second-order valence-corrected chi connectivity index (χ2v) is 6.14. The fourth-order valence-corrected chi connectivity index (χ4v) is 2.84. The highest BCUT2D eigenvalue weighted by molar-refractivity contribution is 5.83. The van der Waals surface area contributed by atoms with Crippen LogP contribution >= 0.6 is 0 Å². The maximum atomic E-state index is 12.1. The van der Waals surface area contributed by atoms with Gasteiger partial charge in [-0.1, -0.05) is 45.4 Å². The smallest absolute Gasteiger partial charge is 0.303 e. The number of rotatable bonds is 14. The number of aliphatic carboxylic acids is 2. The monoisotopic (exact) mass is 314 g/mol.